The summed E-state index contributed by atoms with van der Waals surface area (Å²) in [5, 5.41) is 2.76. The van der Waals surface area contributed by atoms with Crippen molar-refractivity contribution in [1.82, 2.24) is 4.57 Å². The number of rotatable bonds is 3. The maximum atomic E-state index is 11.9. The van der Waals surface area contributed by atoms with Gasteiger partial charge in [0, 0.05) is 22.6 Å². The Labute approximate surface area is 132 Å². The van der Waals surface area contributed by atoms with Gasteiger partial charge in [-0.15, -0.1) is 0 Å². The Balaban J connectivity index is 2.10. The van der Waals surface area contributed by atoms with E-state index in [2.05, 4.69) is 37.2 Å². The van der Waals surface area contributed by atoms with Crippen molar-refractivity contribution in [3.8, 4) is 0 Å². The number of nitrogen functional groups attached to an aromatic ring is 1. The summed E-state index contributed by atoms with van der Waals surface area (Å²) in [4.78, 5) is 23.4. The van der Waals surface area contributed by atoms with Crippen molar-refractivity contribution in [2.45, 2.75) is 6.54 Å². The third-order valence-electron chi connectivity index (χ3n) is 2.50. The summed E-state index contributed by atoms with van der Waals surface area (Å²) in [7, 11) is 0. The molecule has 0 spiro atoms. The first kappa shape index (κ1) is 14.8. The van der Waals surface area contributed by atoms with Crippen LogP contribution in [0, 0.1) is 0 Å². The largest absolute Gasteiger partial charge is 0.394 e. The molecule has 1 aromatic carbocycles. The Bertz CT molecular complexity index is 687. The molecule has 2 rings (SSSR count). The van der Waals surface area contributed by atoms with E-state index in [4.69, 9.17) is 5.73 Å². The second-order valence-corrected chi connectivity index (χ2v) is 5.89. The van der Waals surface area contributed by atoms with Crippen molar-refractivity contribution < 1.29 is 4.79 Å². The van der Waals surface area contributed by atoms with Gasteiger partial charge in [-0.2, -0.15) is 0 Å². The highest BCUT2D eigenvalue weighted by atomic mass is 79.9. The summed E-state index contributed by atoms with van der Waals surface area (Å²) in [6.07, 6.45) is 2.97. The SMILES string of the molecule is Nc1cn(CC(=O)Nc2cccc(Br)c2)cc(Br)c1=O. The van der Waals surface area contributed by atoms with Gasteiger partial charge in [-0.25, -0.2) is 0 Å². The van der Waals surface area contributed by atoms with Gasteiger partial charge in [-0.05, 0) is 34.1 Å². The number of aromatic nitrogens is 1. The third kappa shape index (κ3) is 3.71. The second-order valence-electron chi connectivity index (χ2n) is 4.12. The molecule has 1 aromatic heterocycles. The van der Waals surface area contributed by atoms with Crippen LogP contribution in [0.4, 0.5) is 11.4 Å². The van der Waals surface area contributed by atoms with Crippen LogP contribution in [-0.4, -0.2) is 10.5 Å². The van der Waals surface area contributed by atoms with Crippen LogP contribution in [0.1, 0.15) is 0 Å². The van der Waals surface area contributed by atoms with Gasteiger partial charge < -0.3 is 15.6 Å². The zero-order chi connectivity index (χ0) is 14.7. The Morgan fingerprint density at radius 3 is 2.70 bits per heavy atom. The normalized spacial score (nSPS) is 10.3. The first-order valence-corrected chi connectivity index (χ1v) is 7.25. The lowest BCUT2D eigenvalue weighted by Crippen LogP contribution is -2.21. The Kier molecular flexibility index (Phi) is 4.61. The maximum Gasteiger partial charge on any atom is 0.244 e. The molecule has 1 amide bonds. The summed E-state index contributed by atoms with van der Waals surface area (Å²) >= 11 is 6.44. The number of benzene rings is 1. The quantitative estimate of drug-likeness (QED) is 0.831. The van der Waals surface area contributed by atoms with E-state index in [-0.39, 0.29) is 23.6 Å². The molecule has 3 N–H and O–H groups in total. The van der Waals surface area contributed by atoms with Crippen molar-refractivity contribution in [2.24, 2.45) is 0 Å². The van der Waals surface area contributed by atoms with Crippen molar-refractivity contribution in [1.29, 1.82) is 0 Å². The second kappa shape index (κ2) is 6.23. The van der Waals surface area contributed by atoms with E-state index < -0.39 is 0 Å². The lowest BCUT2D eigenvalue weighted by molar-refractivity contribution is -0.116. The van der Waals surface area contributed by atoms with E-state index in [9.17, 15) is 9.59 Å². The molecule has 0 aliphatic rings. The van der Waals surface area contributed by atoms with Gasteiger partial charge in [-0.3, -0.25) is 9.59 Å². The minimum absolute atomic E-state index is 0.0651. The number of nitrogens with two attached hydrogens (primary N) is 1. The van der Waals surface area contributed by atoms with Crippen LogP contribution in [0.5, 0.6) is 0 Å². The highest BCUT2D eigenvalue weighted by Crippen LogP contribution is 2.15. The molecule has 104 valence electrons. The Morgan fingerprint density at radius 1 is 1.30 bits per heavy atom. The molecule has 0 radical (unpaired) electrons. The number of nitrogens with zero attached hydrogens (tertiary/aromatic N) is 1. The van der Waals surface area contributed by atoms with E-state index in [1.807, 2.05) is 12.1 Å². The van der Waals surface area contributed by atoms with Gasteiger partial charge >= 0.3 is 0 Å². The van der Waals surface area contributed by atoms with Crippen LogP contribution in [0.2, 0.25) is 0 Å². The van der Waals surface area contributed by atoms with Gasteiger partial charge in [0.1, 0.15) is 6.54 Å². The smallest absolute Gasteiger partial charge is 0.244 e. The number of hydrogen-bond acceptors (Lipinski definition) is 3. The molecule has 0 saturated carbocycles. The first-order valence-electron chi connectivity index (χ1n) is 5.66. The topological polar surface area (TPSA) is 77.1 Å². The van der Waals surface area contributed by atoms with Crippen molar-refractivity contribution in [2.75, 3.05) is 11.1 Å². The van der Waals surface area contributed by atoms with Crippen molar-refractivity contribution in [3.05, 3.63) is 55.8 Å². The molecule has 5 nitrogen and oxygen atoms in total. The van der Waals surface area contributed by atoms with Crippen LogP contribution in [0.25, 0.3) is 0 Å². The van der Waals surface area contributed by atoms with E-state index >= 15 is 0 Å². The number of pyridine rings is 1. The van der Waals surface area contributed by atoms with E-state index in [0.717, 1.165) is 4.47 Å². The Morgan fingerprint density at radius 2 is 2.05 bits per heavy atom. The fraction of sp³-hybridized carbons (Fsp3) is 0.0769. The molecule has 1 heterocycles. The lowest BCUT2D eigenvalue weighted by Gasteiger charge is -2.09. The summed E-state index contributed by atoms with van der Waals surface area (Å²) in [6, 6.07) is 7.29. The molecule has 0 saturated heterocycles. The van der Waals surface area contributed by atoms with Gasteiger partial charge in [0.25, 0.3) is 0 Å². The van der Waals surface area contributed by atoms with Crippen LogP contribution in [-0.2, 0) is 11.3 Å². The maximum absolute atomic E-state index is 11.9. The molecule has 0 fully saturated rings. The molecule has 0 bridgehead atoms. The number of hydrogen-bond donors (Lipinski definition) is 2. The van der Waals surface area contributed by atoms with Gasteiger partial charge in [0.2, 0.25) is 11.3 Å². The van der Waals surface area contributed by atoms with Gasteiger partial charge in [-0.1, -0.05) is 22.0 Å². The monoisotopic (exact) mass is 399 g/mol. The van der Waals surface area contributed by atoms with Crippen molar-refractivity contribution >= 4 is 49.1 Å². The highest BCUT2D eigenvalue weighted by molar-refractivity contribution is 9.10. The minimum atomic E-state index is -0.284. The molecule has 0 aliphatic heterocycles. The number of carbonyl (C=O) groups excluding carboxylic acids is 1. The van der Waals surface area contributed by atoms with Crippen LogP contribution in [0.15, 0.2) is 50.4 Å². The number of amides is 1. The third-order valence-corrected chi connectivity index (χ3v) is 3.56. The summed E-state index contributed by atoms with van der Waals surface area (Å²) in [5.74, 6) is -0.210. The summed E-state index contributed by atoms with van der Waals surface area (Å²) < 4.78 is 2.76. The number of nitrogens with one attached hydrogen (secondary N) is 1. The molecule has 0 aliphatic carbocycles. The number of carbonyl (C=O) groups is 1. The first-order chi connectivity index (χ1) is 9.45. The zero-order valence-corrected chi connectivity index (χ0v) is 13.4. The lowest BCUT2D eigenvalue weighted by atomic mass is 10.3. The fourth-order valence-corrected chi connectivity index (χ4v) is 2.53. The molecular formula is C13H11Br2N3O2. The molecule has 0 atom stereocenters. The summed E-state index contributed by atoms with van der Waals surface area (Å²) in [5.41, 5.74) is 6.07. The van der Waals surface area contributed by atoms with Crippen LogP contribution >= 0.6 is 31.9 Å². The average molecular weight is 401 g/mol. The predicted octanol–water partition coefficient (Wildman–Crippen LogP) is 2.59. The van der Waals surface area contributed by atoms with Gasteiger partial charge in [0.15, 0.2) is 0 Å². The van der Waals surface area contributed by atoms with Crippen LogP contribution < -0.4 is 16.5 Å². The van der Waals surface area contributed by atoms with Gasteiger partial charge in [0.05, 0.1) is 10.2 Å². The average Bonchev–Trinajstić information content (AvgIpc) is 2.35. The summed E-state index contributed by atoms with van der Waals surface area (Å²) in [6.45, 7) is 0.0651. The van der Waals surface area contributed by atoms with E-state index in [0.29, 0.717) is 10.2 Å². The predicted molar refractivity (Wildman–Crippen MR) is 85.6 cm³/mol. The van der Waals surface area contributed by atoms with E-state index in [1.54, 1.807) is 16.7 Å². The molecule has 0 unspecified atom stereocenters. The minimum Gasteiger partial charge on any atom is -0.394 e. The Hall–Kier alpha value is -1.60. The number of halogens is 2. The molecule has 7 heteroatoms. The van der Waals surface area contributed by atoms with Crippen LogP contribution in [0.3, 0.4) is 0 Å². The molecular weight excluding hydrogens is 390 g/mol. The highest BCUT2D eigenvalue weighted by Gasteiger charge is 2.07. The number of anilines is 2. The molecule has 2 aromatic rings. The van der Waals surface area contributed by atoms with E-state index in [1.165, 1.54) is 12.4 Å². The fourth-order valence-electron chi connectivity index (χ4n) is 1.64. The zero-order valence-electron chi connectivity index (χ0n) is 10.3. The molecule has 20 heavy (non-hydrogen) atoms. The standard InChI is InChI=1S/C13H11Br2N3O2/c14-8-2-1-3-9(4-8)17-12(19)7-18-5-10(15)13(20)11(16)6-18/h1-6H,7,16H2,(H,17,19). The van der Waals surface area contributed by atoms with Crippen molar-refractivity contribution in [3.63, 3.8) is 0 Å².